The van der Waals surface area contributed by atoms with Crippen molar-refractivity contribution in [3.05, 3.63) is 71.3 Å². The quantitative estimate of drug-likeness (QED) is 0.841. The van der Waals surface area contributed by atoms with Crippen molar-refractivity contribution in [2.24, 2.45) is 0 Å². The Bertz CT molecular complexity index is 552. The van der Waals surface area contributed by atoms with Crippen molar-refractivity contribution in [2.75, 3.05) is 7.05 Å². The second-order valence-electron chi connectivity index (χ2n) is 4.83. The van der Waals surface area contributed by atoms with Crippen molar-refractivity contribution in [3.8, 4) is 0 Å². The van der Waals surface area contributed by atoms with Crippen molar-refractivity contribution < 1.29 is 5.11 Å². The van der Waals surface area contributed by atoms with Crippen molar-refractivity contribution in [1.29, 1.82) is 0 Å². The van der Waals surface area contributed by atoms with E-state index in [1.807, 2.05) is 55.6 Å². The molecule has 0 spiro atoms. The number of hydrogen-bond acceptors (Lipinski definition) is 2. The molecule has 0 aromatic heterocycles. The van der Waals surface area contributed by atoms with E-state index in [-0.39, 0.29) is 6.04 Å². The van der Waals surface area contributed by atoms with Gasteiger partial charge in [-0.2, -0.15) is 0 Å². The molecule has 0 heterocycles. The molecule has 0 unspecified atom stereocenters. The maximum absolute atomic E-state index is 11.2. The van der Waals surface area contributed by atoms with E-state index in [2.05, 4.69) is 11.4 Å². The number of rotatable bonds is 2. The van der Waals surface area contributed by atoms with Gasteiger partial charge in [-0.3, -0.25) is 0 Å². The standard InChI is InChI=1S/C16H17NO/c1-17-15-11-12-7-5-6-10-14(12)16(15,18)13-8-3-2-4-9-13/h2-10,15,17-18H,11H2,1H3/t15-,16-/m1/s1. The molecule has 2 N–H and O–H groups in total. The van der Waals surface area contributed by atoms with Crippen LogP contribution in [0.3, 0.4) is 0 Å². The zero-order valence-electron chi connectivity index (χ0n) is 10.4. The Hall–Kier alpha value is -1.64. The van der Waals surface area contributed by atoms with E-state index in [9.17, 15) is 5.11 Å². The molecule has 1 aliphatic rings. The lowest BCUT2D eigenvalue weighted by molar-refractivity contribution is 0.0529. The summed E-state index contributed by atoms with van der Waals surface area (Å²) in [4.78, 5) is 0. The molecular formula is C16H17NO. The van der Waals surface area contributed by atoms with E-state index in [4.69, 9.17) is 0 Å². The van der Waals surface area contributed by atoms with Gasteiger partial charge in [-0.1, -0.05) is 54.6 Å². The van der Waals surface area contributed by atoms with Gasteiger partial charge in [0.25, 0.3) is 0 Å². The molecule has 18 heavy (non-hydrogen) atoms. The van der Waals surface area contributed by atoms with E-state index in [0.717, 1.165) is 17.5 Å². The summed E-state index contributed by atoms with van der Waals surface area (Å²) >= 11 is 0. The number of hydrogen-bond donors (Lipinski definition) is 2. The van der Waals surface area contributed by atoms with Gasteiger partial charge < -0.3 is 10.4 Å². The molecule has 2 aromatic carbocycles. The molecular weight excluding hydrogens is 222 g/mol. The third-order valence-corrected chi connectivity index (χ3v) is 3.92. The number of aliphatic hydroxyl groups is 1. The molecule has 0 amide bonds. The highest BCUT2D eigenvalue weighted by molar-refractivity contribution is 5.47. The lowest BCUT2D eigenvalue weighted by Crippen LogP contribution is -2.45. The first-order valence-electron chi connectivity index (χ1n) is 6.30. The maximum atomic E-state index is 11.2. The molecule has 3 rings (SSSR count). The summed E-state index contributed by atoms with van der Waals surface area (Å²) in [5.41, 5.74) is 2.28. The molecule has 2 atom stereocenters. The zero-order valence-corrected chi connectivity index (χ0v) is 10.4. The van der Waals surface area contributed by atoms with E-state index in [1.54, 1.807) is 0 Å². The van der Waals surface area contributed by atoms with Crippen LogP contribution in [0, 0.1) is 0 Å². The molecule has 1 aliphatic carbocycles. The SMILES string of the molecule is CN[C@@H]1Cc2ccccc2[C@]1(O)c1ccccc1. The number of likely N-dealkylation sites (N-methyl/N-ethyl adjacent to an activating group) is 1. The predicted molar refractivity (Wildman–Crippen MR) is 72.4 cm³/mol. The summed E-state index contributed by atoms with van der Waals surface area (Å²) in [7, 11) is 1.91. The fourth-order valence-electron chi connectivity index (χ4n) is 2.99. The second kappa shape index (κ2) is 4.23. The first-order chi connectivity index (χ1) is 8.76. The van der Waals surface area contributed by atoms with E-state index in [0.29, 0.717) is 0 Å². The summed E-state index contributed by atoms with van der Waals surface area (Å²) in [6.07, 6.45) is 0.859. The highest BCUT2D eigenvalue weighted by Gasteiger charge is 2.45. The molecule has 2 heteroatoms. The van der Waals surface area contributed by atoms with Crippen LogP contribution >= 0.6 is 0 Å². The van der Waals surface area contributed by atoms with Gasteiger partial charge >= 0.3 is 0 Å². The van der Waals surface area contributed by atoms with Gasteiger partial charge in [-0.25, -0.2) is 0 Å². The van der Waals surface area contributed by atoms with Crippen LogP contribution < -0.4 is 5.32 Å². The summed E-state index contributed by atoms with van der Waals surface area (Å²) in [6.45, 7) is 0. The molecule has 0 aliphatic heterocycles. The monoisotopic (exact) mass is 239 g/mol. The second-order valence-corrected chi connectivity index (χ2v) is 4.83. The summed E-state index contributed by atoms with van der Waals surface area (Å²) in [5.74, 6) is 0. The fourth-order valence-corrected chi connectivity index (χ4v) is 2.99. The predicted octanol–water partition coefficient (Wildman–Crippen LogP) is 2.07. The minimum Gasteiger partial charge on any atom is -0.379 e. The van der Waals surface area contributed by atoms with Crippen LogP contribution in [-0.4, -0.2) is 18.2 Å². The van der Waals surface area contributed by atoms with Gasteiger partial charge in [0.1, 0.15) is 5.60 Å². The summed E-state index contributed by atoms with van der Waals surface area (Å²) < 4.78 is 0. The van der Waals surface area contributed by atoms with Crippen LogP contribution in [0.1, 0.15) is 16.7 Å². The maximum Gasteiger partial charge on any atom is 0.130 e. The largest absolute Gasteiger partial charge is 0.379 e. The van der Waals surface area contributed by atoms with Crippen LogP contribution in [0.2, 0.25) is 0 Å². The van der Waals surface area contributed by atoms with Gasteiger partial charge in [0, 0.05) is 6.04 Å². The van der Waals surface area contributed by atoms with Gasteiger partial charge in [-0.15, -0.1) is 0 Å². The molecule has 0 saturated carbocycles. The molecule has 0 fully saturated rings. The summed E-state index contributed by atoms with van der Waals surface area (Å²) in [5, 5.41) is 14.5. The van der Waals surface area contributed by atoms with E-state index in [1.165, 1.54) is 5.56 Å². The zero-order chi connectivity index (χ0) is 12.6. The highest BCUT2D eigenvalue weighted by Crippen LogP contribution is 2.41. The van der Waals surface area contributed by atoms with Crippen molar-refractivity contribution in [1.82, 2.24) is 5.32 Å². The number of benzene rings is 2. The van der Waals surface area contributed by atoms with Crippen LogP contribution in [0.5, 0.6) is 0 Å². The van der Waals surface area contributed by atoms with Crippen molar-refractivity contribution in [2.45, 2.75) is 18.1 Å². The Balaban J connectivity index is 2.19. The lowest BCUT2D eigenvalue weighted by atomic mass is 9.85. The minimum absolute atomic E-state index is 0.0253. The molecule has 0 bridgehead atoms. The molecule has 0 radical (unpaired) electrons. The molecule has 2 nitrogen and oxygen atoms in total. The summed E-state index contributed by atoms with van der Waals surface area (Å²) in [6, 6.07) is 18.1. The Kier molecular flexibility index (Phi) is 2.69. The third-order valence-electron chi connectivity index (χ3n) is 3.92. The van der Waals surface area contributed by atoms with Crippen LogP contribution in [-0.2, 0) is 12.0 Å². The van der Waals surface area contributed by atoms with Crippen LogP contribution in [0.15, 0.2) is 54.6 Å². The fraction of sp³-hybridized carbons (Fsp3) is 0.250. The minimum atomic E-state index is -0.924. The number of nitrogens with one attached hydrogen (secondary N) is 1. The number of fused-ring (bicyclic) bond motifs is 1. The average Bonchev–Trinajstić information content (AvgIpc) is 2.74. The first kappa shape index (κ1) is 11.5. The Morgan fingerprint density at radius 2 is 1.72 bits per heavy atom. The van der Waals surface area contributed by atoms with E-state index >= 15 is 0 Å². The van der Waals surface area contributed by atoms with E-state index < -0.39 is 5.60 Å². The van der Waals surface area contributed by atoms with Crippen molar-refractivity contribution in [3.63, 3.8) is 0 Å². The van der Waals surface area contributed by atoms with Crippen LogP contribution in [0.4, 0.5) is 0 Å². The topological polar surface area (TPSA) is 32.3 Å². The van der Waals surface area contributed by atoms with Gasteiger partial charge in [0.2, 0.25) is 0 Å². The smallest absolute Gasteiger partial charge is 0.130 e. The third kappa shape index (κ3) is 1.50. The normalized spacial score (nSPS) is 26.0. The van der Waals surface area contributed by atoms with Gasteiger partial charge in [0.15, 0.2) is 0 Å². The van der Waals surface area contributed by atoms with Gasteiger partial charge in [0.05, 0.1) is 0 Å². The highest BCUT2D eigenvalue weighted by atomic mass is 16.3. The molecule has 2 aromatic rings. The van der Waals surface area contributed by atoms with Crippen molar-refractivity contribution >= 4 is 0 Å². The van der Waals surface area contributed by atoms with Gasteiger partial charge in [-0.05, 0) is 30.2 Å². The average molecular weight is 239 g/mol. The van der Waals surface area contributed by atoms with Crippen LogP contribution in [0.25, 0.3) is 0 Å². The Morgan fingerprint density at radius 3 is 2.44 bits per heavy atom. The Morgan fingerprint density at radius 1 is 1.06 bits per heavy atom. The molecule has 0 saturated heterocycles. The Labute approximate surface area is 107 Å². The molecule has 92 valence electrons. The first-order valence-corrected chi connectivity index (χ1v) is 6.30. The lowest BCUT2D eigenvalue weighted by Gasteiger charge is -2.31.